The van der Waals surface area contributed by atoms with E-state index in [-0.39, 0.29) is 17.1 Å². The van der Waals surface area contributed by atoms with Crippen LogP contribution in [0.15, 0.2) is 84.4 Å². The summed E-state index contributed by atoms with van der Waals surface area (Å²) < 4.78 is 0. The molecule has 7 nitrogen and oxygen atoms in total. The lowest BCUT2D eigenvalue weighted by atomic mass is 10.1. The summed E-state index contributed by atoms with van der Waals surface area (Å²) in [5.74, 6) is -0.428. The van der Waals surface area contributed by atoms with Crippen molar-refractivity contribution in [3.05, 3.63) is 102 Å². The second kappa shape index (κ2) is 10.1. The highest BCUT2D eigenvalue weighted by Gasteiger charge is 2.26. The van der Waals surface area contributed by atoms with Crippen molar-refractivity contribution < 1.29 is 9.59 Å². The molecule has 0 saturated carbocycles. The fraction of sp³-hybridized carbons (Fsp3) is 0.143. The lowest BCUT2D eigenvalue weighted by Gasteiger charge is -2.24. The molecule has 0 spiro atoms. The molecule has 36 heavy (non-hydrogen) atoms. The molecule has 8 heteroatoms. The molecule has 0 radical (unpaired) electrons. The van der Waals surface area contributed by atoms with Gasteiger partial charge in [0.15, 0.2) is 0 Å². The molecule has 0 aliphatic carbocycles. The van der Waals surface area contributed by atoms with Crippen LogP contribution in [-0.2, 0) is 0 Å². The predicted octanol–water partition coefficient (Wildman–Crippen LogP) is 4.74. The third kappa shape index (κ3) is 4.61. The van der Waals surface area contributed by atoms with Crippen LogP contribution >= 0.6 is 11.8 Å². The van der Waals surface area contributed by atoms with E-state index in [2.05, 4.69) is 28.3 Å². The van der Waals surface area contributed by atoms with Gasteiger partial charge < -0.3 is 15.5 Å². The highest BCUT2D eigenvalue weighted by molar-refractivity contribution is 8.15. The predicted molar refractivity (Wildman–Crippen MR) is 144 cm³/mol. The highest BCUT2D eigenvalue weighted by atomic mass is 32.2. The summed E-state index contributed by atoms with van der Waals surface area (Å²) in [4.78, 5) is 32.5. The molecule has 0 aromatic heterocycles. The molecule has 0 saturated heterocycles. The van der Waals surface area contributed by atoms with Crippen molar-refractivity contribution in [2.75, 3.05) is 29.9 Å². The zero-order valence-corrected chi connectivity index (χ0v) is 20.2. The van der Waals surface area contributed by atoms with E-state index in [1.807, 2.05) is 41.3 Å². The van der Waals surface area contributed by atoms with E-state index in [4.69, 9.17) is 5.26 Å². The Balaban J connectivity index is 1.27. The molecule has 0 bridgehead atoms. The Morgan fingerprint density at radius 3 is 2.78 bits per heavy atom. The number of anilines is 3. The summed E-state index contributed by atoms with van der Waals surface area (Å²) in [7, 11) is 0. The summed E-state index contributed by atoms with van der Waals surface area (Å²) in [6, 6.07) is 22.2. The maximum atomic E-state index is 13.0. The third-order valence-electron chi connectivity index (χ3n) is 6.02. The molecule has 1 unspecified atom stereocenters. The Bertz CT molecular complexity index is 1420. The molecule has 2 aliphatic rings. The van der Waals surface area contributed by atoms with Gasteiger partial charge in [0, 0.05) is 29.5 Å². The Morgan fingerprint density at radius 2 is 2.00 bits per heavy atom. The van der Waals surface area contributed by atoms with Crippen molar-refractivity contribution in [3.8, 4) is 6.07 Å². The molecule has 1 atom stereocenters. The number of nitriles is 1. The van der Waals surface area contributed by atoms with Gasteiger partial charge in [0.2, 0.25) is 0 Å². The zero-order valence-electron chi connectivity index (χ0n) is 19.4. The molecule has 3 aromatic rings. The van der Waals surface area contributed by atoms with Gasteiger partial charge in [-0.2, -0.15) is 5.26 Å². The Hall–Kier alpha value is -4.35. The number of thioether (sulfide) groups is 1. The van der Waals surface area contributed by atoms with Gasteiger partial charge in [0.05, 0.1) is 45.8 Å². The number of carbonyl (C=O) groups excluding carboxylic acids is 2. The van der Waals surface area contributed by atoms with E-state index in [9.17, 15) is 9.59 Å². The topological polar surface area (TPSA) is 97.6 Å². The first-order chi connectivity index (χ1) is 17.6. The van der Waals surface area contributed by atoms with E-state index in [1.165, 1.54) is 0 Å². The van der Waals surface area contributed by atoms with Gasteiger partial charge in [-0.3, -0.25) is 14.6 Å². The smallest absolute Gasteiger partial charge is 0.257 e. The van der Waals surface area contributed by atoms with Gasteiger partial charge in [0.25, 0.3) is 11.8 Å². The van der Waals surface area contributed by atoms with Crippen molar-refractivity contribution in [2.45, 2.75) is 5.25 Å². The second-order valence-electron chi connectivity index (χ2n) is 8.39. The van der Waals surface area contributed by atoms with Crippen LogP contribution in [0.5, 0.6) is 0 Å². The minimum absolute atomic E-state index is 0.123. The summed E-state index contributed by atoms with van der Waals surface area (Å²) in [6.45, 7) is 5.44. The van der Waals surface area contributed by atoms with Gasteiger partial charge >= 0.3 is 0 Å². The first kappa shape index (κ1) is 23.4. The van der Waals surface area contributed by atoms with Crippen LogP contribution in [0.25, 0.3) is 0 Å². The standard InChI is InChI=1S/C28H23N5O2S/c1-2-13-33-24-6-4-3-5-22(24)27(35)32-23-14-20(11-12-25(23)33)26(34)30-16-21-17-31-28(36-21)19-9-7-18(15-29)8-10-19/h2-12,14,21H,1,13,16-17H2,(H,30,34)(H,32,35). The molecule has 2 amide bonds. The van der Waals surface area contributed by atoms with Gasteiger partial charge in [-0.05, 0) is 42.5 Å². The van der Waals surface area contributed by atoms with Crippen LogP contribution in [0.2, 0.25) is 0 Å². The lowest BCUT2D eigenvalue weighted by Crippen LogP contribution is -2.31. The van der Waals surface area contributed by atoms with Crippen molar-refractivity contribution in [1.29, 1.82) is 5.26 Å². The number of amides is 2. The van der Waals surface area contributed by atoms with Crippen LogP contribution < -0.4 is 15.5 Å². The van der Waals surface area contributed by atoms with Crippen molar-refractivity contribution in [3.63, 3.8) is 0 Å². The fourth-order valence-electron chi connectivity index (χ4n) is 4.24. The molecular weight excluding hydrogens is 470 g/mol. The van der Waals surface area contributed by atoms with Crippen molar-refractivity contribution in [2.24, 2.45) is 4.99 Å². The summed E-state index contributed by atoms with van der Waals surface area (Å²) in [5.41, 5.74) is 4.79. The van der Waals surface area contributed by atoms with E-state index < -0.39 is 0 Å². The Morgan fingerprint density at radius 1 is 1.19 bits per heavy atom. The van der Waals surface area contributed by atoms with Crippen LogP contribution in [0.4, 0.5) is 17.1 Å². The molecule has 2 heterocycles. The summed E-state index contributed by atoms with van der Waals surface area (Å²) >= 11 is 1.62. The number of aliphatic imine (C=N–C) groups is 1. The largest absolute Gasteiger partial charge is 0.351 e. The van der Waals surface area contributed by atoms with Crippen LogP contribution in [0, 0.1) is 11.3 Å². The van der Waals surface area contributed by atoms with Gasteiger partial charge in [-0.1, -0.05) is 42.1 Å². The van der Waals surface area contributed by atoms with Gasteiger partial charge in [-0.25, -0.2) is 0 Å². The number of hydrogen-bond acceptors (Lipinski definition) is 6. The zero-order chi connectivity index (χ0) is 25.1. The number of fused-ring (bicyclic) bond motifs is 2. The first-order valence-electron chi connectivity index (χ1n) is 11.5. The van der Waals surface area contributed by atoms with Crippen molar-refractivity contribution in [1.82, 2.24) is 5.32 Å². The molecule has 2 aliphatic heterocycles. The number of para-hydroxylation sites is 1. The van der Waals surface area contributed by atoms with E-state index in [0.29, 0.717) is 42.0 Å². The Kier molecular flexibility index (Phi) is 6.56. The highest BCUT2D eigenvalue weighted by Crippen LogP contribution is 2.38. The molecule has 178 valence electrons. The van der Waals surface area contributed by atoms with Gasteiger partial charge in [-0.15, -0.1) is 6.58 Å². The van der Waals surface area contributed by atoms with E-state index in [1.54, 1.807) is 48.2 Å². The van der Waals surface area contributed by atoms with E-state index in [0.717, 1.165) is 22.0 Å². The maximum Gasteiger partial charge on any atom is 0.257 e. The third-order valence-corrected chi connectivity index (χ3v) is 7.25. The van der Waals surface area contributed by atoms with Crippen LogP contribution in [0.3, 0.4) is 0 Å². The normalized spacial score (nSPS) is 16.1. The SMILES string of the molecule is C=CCN1c2ccc(C(=O)NCC3CN=C(c4ccc(C#N)cc4)S3)cc2NC(=O)c2ccccc21. The fourth-order valence-corrected chi connectivity index (χ4v) is 5.29. The summed E-state index contributed by atoms with van der Waals surface area (Å²) in [5, 5.41) is 16.0. The molecule has 2 N–H and O–H groups in total. The maximum absolute atomic E-state index is 13.0. The average Bonchev–Trinajstić information content (AvgIpc) is 3.35. The minimum Gasteiger partial charge on any atom is -0.351 e. The molecule has 0 fully saturated rings. The first-order valence-corrected chi connectivity index (χ1v) is 12.4. The molecular formula is C28H23N5O2S. The monoisotopic (exact) mass is 493 g/mol. The molecule has 5 rings (SSSR count). The quantitative estimate of drug-likeness (QED) is 0.484. The second-order valence-corrected chi connectivity index (χ2v) is 9.68. The minimum atomic E-state index is -0.217. The number of hydrogen-bond donors (Lipinski definition) is 2. The lowest BCUT2D eigenvalue weighted by molar-refractivity contribution is 0.0952. The number of carbonyl (C=O) groups is 2. The average molecular weight is 494 g/mol. The number of nitrogens with one attached hydrogen (secondary N) is 2. The number of rotatable bonds is 6. The molecule has 3 aromatic carbocycles. The summed E-state index contributed by atoms with van der Waals surface area (Å²) in [6.07, 6.45) is 1.78. The van der Waals surface area contributed by atoms with Crippen LogP contribution in [-0.4, -0.2) is 41.7 Å². The number of nitrogens with zero attached hydrogens (tertiary/aromatic N) is 3. The van der Waals surface area contributed by atoms with E-state index >= 15 is 0 Å². The Labute approximate surface area is 213 Å². The number of benzene rings is 3. The van der Waals surface area contributed by atoms with Crippen LogP contribution in [0.1, 0.15) is 31.8 Å². The van der Waals surface area contributed by atoms with Gasteiger partial charge in [0.1, 0.15) is 0 Å². The van der Waals surface area contributed by atoms with Crippen molar-refractivity contribution >= 4 is 45.7 Å².